The lowest BCUT2D eigenvalue weighted by Crippen LogP contribution is -2.21. The maximum absolute atomic E-state index is 14.2. The quantitative estimate of drug-likeness (QED) is 0.886. The molecule has 1 aromatic heterocycles. The number of hydrogen-bond acceptors (Lipinski definition) is 3. The Morgan fingerprint density at radius 1 is 1.41 bits per heavy atom. The van der Waals surface area contributed by atoms with E-state index in [-0.39, 0.29) is 17.7 Å². The number of nitrogens with two attached hydrogens (primary N) is 1. The lowest BCUT2D eigenvalue weighted by molar-refractivity contribution is -0.109. The molecule has 2 unspecified atom stereocenters. The van der Waals surface area contributed by atoms with Gasteiger partial charge in [0.15, 0.2) is 0 Å². The van der Waals surface area contributed by atoms with E-state index in [1.165, 1.54) is 6.07 Å². The minimum absolute atomic E-state index is 0.0384. The monoisotopic (exact) mass is 298 g/mol. The molecule has 2 aromatic rings. The average molecular weight is 298 g/mol. The molecular formula is C18H19FN2O. The fourth-order valence-electron chi connectivity index (χ4n) is 3.43. The van der Waals surface area contributed by atoms with E-state index >= 15 is 0 Å². The first kappa shape index (κ1) is 14.9. The molecule has 1 heterocycles. The minimum atomic E-state index is -0.233. The summed E-state index contributed by atoms with van der Waals surface area (Å²) in [7, 11) is 0. The highest BCUT2D eigenvalue weighted by atomic mass is 19.1. The molecule has 3 rings (SSSR count). The lowest BCUT2D eigenvalue weighted by Gasteiger charge is -2.30. The van der Waals surface area contributed by atoms with Gasteiger partial charge in [-0.2, -0.15) is 0 Å². The first-order valence-electron chi connectivity index (χ1n) is 7.52. The smallest absolute Gasteiger partial charge is 0.127 e. The van der Waals surface area contributed by atoms with Crippen LogP contribution in [-0.2, 0) is 17.8 Å². The number of hydrogen-bond donors (Lipinski definition) is 1. The number of fused-ring (bicyclic) bond motifs is 1. The standard InChI is InChI=1S/C18H19FN2O/c1-11-4-5-21-17-8-13(7-14(10-22)18(11)17)15-6-12(9-20)2-3-16(15)19/h2-6,10,13-14H,7-9,20H2,1H3. The predicted octanol–water partition coefficient (Wildman–Crippen LogP) is 3.00. The van der Waals surface area contributed by atoms with E-state index < -0.39 is 0 Å². The van der Waals surface area contributed by atoms with Gasteiger partial charge in [-0.25, -0.2) is 4.39 Å². The van der Waals surface area contributed by atoms with E-state index in [9.17, 15) is 9.18 Å². The summed E-state index contributed by atoms with van der Waals surface area (Å²) < 4.78 is 14.2. The number of benzene rings is 1. The van der Waals surface area contributed by atoms with Crippen LogP contribution >= 0.6 is 0 Å². The van der Waals surface area contributed by atoms with Crippen molar-refractivity contribution in [3.05, 3.63) is 64.2 Å². The van der Waals surface area contributed by atoms with Crippen LogP contribution < -0.4 is 5.73 Å². The van der Waals surface area contributed by atoms with Crippen LogP contribution in [0.3, 0.4) is 0 Å². The van der Waals surface area contributed by atoms with Crippen LogP contribution in [0.4, 0.5) is 4.39 Å². The van der Waals surface area contributed by atoms with Crippen LogP contribution in [0.5, 0.6) is 0 Å². The van der Waals surface area contributed by atoms with Gasteiger partial charge in [-0.05, 0) is 60.1 Å². The van der Waals surface area contributed by atoms with E-state index in [1.54, 1.807) is 12.3 Å². The van der Waals surface area contributed by atoms with Crippen LogP contribution in [-0.4, -0.2) is 11.3 Å². The highest BCUT2D eigenvalue weighted by Gasteiger charge is 2.31. The van der Waals surface area contributed by atoms with Gasteiger partial charge in [-0.15, -0.1) is 0 Å². The molecule has 0 amide bonds. The molecule has 4 heteroatoms. The zero-order valence-electron chi connectivity index (χ0n) is 12.6. The zero-order valence-corrected chi connectivity index (χ0v) is 12.6. The van der Waals surface area contributed by atoms with Crippen LogP contribution in [0.15, 0.2) is 30.5 Å². The van der Waals surface area contributed by atoms with Gasteiger partial charge in [-0.1, -0.05) is 12.1 Å². The number of aryl methyl sites for hydroxylation is 1. The first-order valence-corrected chi connectivity index (χ1v) is 7.52. The summed E-state index contributed by atoms with van der Waals surface area (Å²) in [6.07, 6.45) is 4.00. The van der Waals surface area contributed by atoms with E-state index in [0.717, 1.165) is 28.7 Å². The Labute approximate surface area is 129 Å². The number of rotatable bonds is 3. The van der Waals surface area contributed by atoms with Crippen molar-refractivity contribution in [1.29, 1.82) is 0 Å². The van der Waals surface area contributed by atoms with Gasteiger partial charge < -0.3 is 10.5 Å². The highest BCUT2D eigenvalue weighted by molar-refractivity contribution is 5.65. The topological polar surface area (TPSA) is 56.0 Å². The van der Waals surface area contributed by atoms with Crippen molar-refractivity contribution in [2.75, 3.05) is 0 Å². The Kier molecular flexibility index (Phi) is 4.03. The average Bonchev–Trinajstić information content (AvgIpc) is 2.54. The van der Waals surface area contributed by atoms with Crippen molar-refractivity contribution in [3.63, 3.8) is 0 Å². The van der Waals surface area contributed by atoms with E-state index in [2.05, 4.69) is 4.98 Å². The Hall–Kier alpha value is -2.07. The van der Waals surface area contributed by atoms with Crippen LogP contribution in [0.2, 0.25) is 0 Å². The Balaban J connectivity index is 2.03. The molecule has 2 N–H and O–H groups in total. The normalized spacial score (nSPS) is 20.5. The lowest BCUT2D eigenvalue weighted by atomic mass is 9.75. The molecular weight excluding hydrogens is 279 g/mol. The molecule has 0 saturated heterocycles. The summed E-state index contributed by atoms with van der Waals surface area (Å²) in [4.78, 5) is 15.9. The van der Waals surface area contributed by atoms with Gasteiger partial charge >= 0.3 is 0 Å². The van der Waals surface area contributed by atoms with E-state index in [4.69, 9.17) is 5.73 Å². The maximum Gasteiger partial charge on any atom is 0.127 e. The number of aldehydes is 1. The second-order valence-electron chi connectivity index (χ2n) is 5.93. The van der Waals surface area contributed by atoms with Crippen LogP contribution in [0.25, 0.3) is 0 Å². The molecule has 2 atom stereocenters. The van der Waals surface area contributed by atoms with Gasteiger partial charge in [0.05, 0.1) is 0 Å². The second-order valence-corrected chi connectivity index (χ2v) is 5.93. The van der Waals surface area contributed by atoms with Crippen LogP contribution in [0.1, 0.15) is 46.2 Å². The van der Waals surface area contributed by atoms with Crippen molar-refractivity contribution in [3.8, 4) is 0 Å². The fraction of sp³-hybridized carbons (Fsp3) is 0.333. The Morgan fingerprint density at radius 3 is 2.95 bits per heavy atom. The summed E-state index contributed by atoms with van der Waals surface area (Å²) in [5, 5.41) is 0. The molecule has 1 aliphatic rings. The fourth-order valence-corrected chi connectivity index (χ4v) is 3.43. The van der Waals surface area contributed by atoms with E-state index in [0.29, 0.717) is 24.9 Å². The molecule has 22 heavy (non-hydrogen) atoms. The number of aromatic nitrogens is 1. The first-order chi connectivity index (χ1) is 10.6. The molecule has 0 spiro atoms. The van der Waals surface area contributed by atoms with Crippen molar-refractivity contribution in [2.45, 2.75) is 38.1 Å². The van der Waals surface area contributed by atoms with Gasteiger partial charge in [0.2, 0.25) is 0 Å². The second kappa shape index (κ2) is 5.97. The number of carbonyl (C=O) groups excluding carboxylic acids is 1. The number of carbonyl (C=O) groups is 1. The van der Waals surface area contributed by atoms with Gasteiger partial charge in [0.25, 0.3) is 0 Å². The summed E-state index contributed by atoms with van der Waals surface area (Å²) in [5.41, 5.74) is 10.2. The summed E-state index contributed by atoms with van der Waals surface area (Å²) in [5.74, 6) is -0.491. The number of pyridine rings is 1. The maximum atomic E-state index is 14.2. The van der Waals surface area contributed by atoms with Crippen molar-refractivity contribution in [1.82, 2.24) is 4.98 Å². The largest absolute Gasteiger partial charge is 0.326 e. The van der Waals surface area contributed by atoms with Crippen LogP contribution in [0, 0.1) is 12.7 Å². The molecule has 1 aliphatic carbocycles. The zero-order chi connectivity index (χ0) is 15.7. The van der Waals surface area contributed by atoms with Gasteiger partial charge in [0, 0.05) is 24.4 Å². The molecule has 114 valence electrons. The molecule has 0 fully saturated rings. The third kappa shape index (κ3) is 2.55. The number of halogens is 1. The molecule has 0 aliphatic heterocycles. The van der Waals surface area contributed by atoms with Crippen molar-refractivity contribution >= 4 is 6.29 Å². The Morgan fingerprint density at radius 2 is 2.23 bits per heavy atom. The summed E-state index contributed by atoms with van der Waals surface area (Å²) in [6.45, 7) is 2.37. The molecule has 3 nitrogen and oxygen atoms in total. The molecule has 0 radical (unpaired) electrons. The minimum Gasteiger partial charge on any atom is -0.326 e. The molecule has 0 saturated carbocycles. The van der Waals surface area contributed by atoms with Gasteiger partial charge in [-0.3, -0.25) is 4.98 Å². The summed E-state index contributed by atoms with van der Waals surface area (Å²) >= 11 is 0. The third-order valence-corrected chi connectivity index (χ3v) is 4.54. The van der Waals surface area contributed by atoms with Gasteiger partial charge in [0.1, 0.15) is 12.1 Å². The molecule has 1 aromatic carbocycles. The van der Waals surface area contributed by atoms with Crippen molar-refractivity contribution in [2.24, 2.45) is 5.73 Å². The highest BCUT2D eigenvalue weighted by Crippen LogP contribution is 2.40. The third-order valence-electron chi connectivity index (χ3n) is 4.54. The van der Waals surface area contributed by atoms with E-state index in [1.807, 2.05) is 19.1 Å². The Bertz CT molecular complexity index is 714. The SMILES string of the molecule is Cc1ccnc2c1C(C=O)CC(c1cc(CN)ccc1F)C2. The molecule has 0 bridgehead atoms. The summed E-state index contributed by atoms with van der Waals surface area (Å²) in [6, 6.07) is 6.91. The van der Waals surface area contributed by atoms with Crippen molar-refractivity contribution < 1.29 is 9.18 Å². The predicted molar refractivity (Wildman–Crippen MR) is 83.1 cm³/mol. The number of nitrogens with zero attached hydrogens (tertiary/aromatic N) is 1.